The van der Waals surface area contributed by atoms with E-state index < -0.39 is 18.0 Å². The molecule has 20 heavy (non-hydrogen) atoms. The third-order valence-corrected chi connectivity index (χ3v) is 2.95. The Morgan fingerprint density at radius 2 is 2.30 bits per heavy atom. The van der Waals surface area contributed by atoms with Crippen LogP contribution in [0.4, 0.5) is 4.39 Å². The Morgan fingerprint density at radius 1 is 1.55 bits per heavy atom. The van der Waals surface area contributed by atoms with E-state index >= 15 is 0 Å². The van der Waals surface area contributed by atoms with Crippen molar-refractivity contribution in [2.45, 2.75) is 12.2 Å². The Morgan fingerprint density at radius 3 is 2.95 bits per heavy atom. The SMILES string of the molecule is Cl.O=C(NCC(O)c1ccccc1F)C1CNCCO1. The summed E-state index contributed by atoms with van der Waals surface area (Å²) < 4.78 is 18.7. The number of halogens is 2. The summed E-state index contributed by atoms with van der Waals surface area (Å²) in [7, 11) is 0. The molecule has 3 N–H and O–H groups in total. The number of carbonyl (C=O) groups is 1. The minimum absolute atomic E-state index is 0. The topological polar surface area (TPSA) is 70.6 Å². The minimum atomic E-state index is -1.07. The lowest BCUT2D eigenvalue weighted by atomic mass is 10.1. The molecule has 1 amide bonds. The van der Waals surface area contributed by atoms with E-state index in [-0.39, 0.29) is 30.4 Å². The van der Waals surface area contributed by atoms with E-state index in [1.54, 1.807) is 12.1 Å². The smallest absolute Gasteiger partial charge is 0.250 e. The molecule has 0 bridgehead atoms. The van der Waals surface area contributed by atoms with Crippen molar-refractivity contribution in [1.29, 1.82) is 0 Å². The summed E-state index contributed by atoms with van der Waals surface area (Å²) >= 11 is 0. The summed E-state index contributed by atoms with van der Waals surface area (Å²) in [5, 5.41) is 15.4. The first-order valence-electron chi connectivity index (χ1n) is 6.21. The van der Waals surface area contributed by atoms with E-state index in [9.17, 15) is 14.3 Å². The molecule has 0 radical (unpaired) electrons. The highest BCUT2D eigenvalue weighted by Gasteiger charge is 2.22. The Hall–Kier alpha value is -1.21. The third kappa shape index (κ3) is 4.42. The fraction of sp³-hybridized carbons (Fsp3) is 0.462. The van der Waals surface area contributed by atoms with Crippen LogP contribution in [0.3, 0.4) is 0 Å². The molecule has 1 aliphatic rings. The largest absolute Gasteiger partial charge is 0.386 e. The van der Waals surface area contributed by atoms with Gasteiger partial charge in [0.05, 0.1) is 12.7 Å². The van der Waals surface area contributed by atoms with Gasteiger partial charge in [0, 0.05) is 25.2 Å². The lowest BCUT2D eigenvalue weighted by Gasteiger charge is -2.23. The molecule has 1 fully saturated rings. The lowest BCUT2D eigenvalue weighted by Crippen LogP contribution is -2.48. The molecule has 112 valence electrons. The standard InChI is InChI=1S/C13H17FN2O3.ClH/c14-10-4-2-1-3-9(10)11(17)7-16-13(18)12-8-15-5-6-19-12;/h1-4,11-12,15,17H,5-8H2,(H,16,18);1H. The third-order valence-electron chi connectivity index (χ3n) is 2.95. The van der Waals surface area contributed by atoms with E-state index in [4.69, 9.17) is 4.74 Å². The van der Waals surface area contributed by atoms with Gasteiger partial charge in [-0.15, -0.1) is 12.4 Å². The molecule has 2 atom stereocenters. The quantitative estimate of drug-likeness (QED) is 0.752. The summed E-state index contributed by atoms with van der Waals surface area (Å²) in [6, 6.07) is 5.95. The molecule has 1 aromatic rings. The van der Waals surface area contributed by atoms with Crippen LogP contribution in [-0.2, 0) is 9.53 Å². The van der Waals surface area contributed by atoms with E-state index in [0.29, 0.717) is 13.2 Å². The number of hydrogen-bond acceptors (Lipinski definition) is 4. The van der Waals surface area contributed by atoms with Crippen molar-refractivity contribution in [2.24, 2.45) is 0 Å². The second-order valence-electron chi connectivity index (χ2n) is 4.35. The first-order chi connectivity index (χ1) is 9.18. The van der Waals surface area contributed by atoms with Crippen molar-refractivity contribution >= 4 is 18.3 Å². The molecular weight excluding hydrogens is 287 g/mol. The van der Waals surface area contributed by atoms with Gasteiger partial charge in [0.15, 0.2) is 0 Å². The number of carbonyl (C=O) groups excluding carboxylic acids is 1. The van der Waals surface area contributed by atoms with Crippen molar-refractivity contribution < 1.29 is 19.0 Å². The highest BCUT2D eigenvalue weighted by Crippen LogP contribution is 2.15. The van der Waals surface area contributed by atoms with E-state index in [2.05, 4.69) is 10.6 Å². The van der Waals surface area contributed by atoms with Crippen LogP contribution >= 0.6 is 12.4 Å². The number of benzene rings is 1. The van der Waals surface area contributed by atoms with Gasteiger partial charge in [-0.05, 0) is 6.07 Å². The maximum Gasteiger partial charge on any atom is 0.250 e. The lowest BCUT2D eigenvalue weighted by molar-refractivity contribution is -0.134. The van der Waals surface area contributed by atoms with Crippen LogP contribution in [0.1, 0.15) is 11.7 Å². The summed E-state index contributed by atoms with van der Waals surface area (Å²) in [4.78, 5) is 11.7. The molecule has 1 saturated heterocycles. The molecule has 0 saturated carbocycles. The van der Waals surface area contributed by atoms with Crippen LogP contribution in [-0.4, -0.2) is 43.4 Å². The van der Waals surface area contributed by atoms with Crippen LogP contribution in [0.15, 0.2) is 24.3 Å². The van der Waals surface area contributed by atoms with Gasteiger partial charge in [0.2, 0.25) is 0 Å². The Bertz CT molecular complexity index is 441. The summed E-state index contributed by atoms with van der Waals surface area (Å²) in [5.74, 6) is -0.789. The first kappa shape index (κ1) is 16.8. The predicted octanol–water partition coefficient (Wildman–Crippen LogP) is 0.385. The number of amides is 1. The molecular formula is C13H18ClFN2O3. The Balaban J connectivity index is 0.00000200. The summed E-state index contributed by atoms with van der Waals surface area (Å²) in [6.45, 7) is 1.61. The van der Waals surface area contributed by atoms with Crippen molar-refractivity contribution in [3.8, 4) is 0 Å². The zero-order valence-electron chi connectivity index (χ0n) is 10.8. The zero-order chi connectivity index (χ0) is 13.7. The van der Waals surface area contributed by atoms with Gasteiger partial charge in [-0.25, -0.2) is 4.39 Å². The van der Waals surface area contributed by atoms with E-state index in [0.717, 1.165) is 6.54 Å². The molecule has 1 heterocycles. The number of rotatable bonds is 4. The average Bonchev–Trinajstić information content (AvgIpc) is 2.46. The van der Waals surface area contributed by atoms with Crippen molar-refractivity contribution in [3.63, 3.8) is 0 Å². The van der Waals surface area contributed by atoms with Gasteiger partial charge in [-0.2, -0.15) is 0 Å². The second-order valence-corrected chi connectivity index (χ2v) is 4.35. The van der Waals surface area contributed by atoms with Gasteiger partial charge < -0.3 is 20.5 Å². The highest BCUT2D eigenvalue weighted by molar-refractivity contribution is 5.85. The molecule has 2 unspecified atom stereocenters. The highest BCUT2D eigenvalue weighted by atomic mass is 35.5. The van der Waals surface area contributed by atoms with Crippen molar-refractivity contribution in [2.75, 3.05) is 26.2 Å². The number of aliphatic hydroxyl groups excluding tert-OH is 1. The summed E-state index contributed by atoms with van der Waals surface area (Å²) in [6.07, 6.45) is -1.62. The van der Waals surface area contributed by atoms with Gasteiger partial charge in [0.25, 0.3) is 5.91 Å². The van der Waals surface area contributed by atoms with E-state index in [1.807, 2.05) is 0 Å². The van der Waals surface area contributed by atoms with Gasteiger partial charge in [-0.1, -0.05) is 18.2 Å². The van der Waals surface area contributed by atoms with Gasteiger partial charge >= 0.3 is 0 Å². The maximum absolute atomic E-state index is 13.4. The second kappa shape index (κ2) is 8.16. The molecule has 1 aromatic carbocycles. The Kier molecular flexibility index (Phi) is 6.87. The zero-order valence-corrected chi connectivity index (χ0v) is 11.7. The average molecular weight is 305 g/mol. The predicted molar refractivity (Wildman–Crippen MR) is 74.2 cm³/mol. The van der Waals surface area contributed by atoms with Gasteiger partial charge in [-0.3, -0.25) is 4.79 Å². The minimum Gasteiger partial charge on any atom is -0.386 e. The molecule has 0 aromatic heterocycles. The fourth-order valence-corrected chi connectivity index (χ4v) is 1.90. The molecule has 0 spiro atoms. The number of morpholine rings is 1. The van der Waals surface area contributed by atoms with E-state index in [1.165, 1.54) is 12.1 Å². The molecule has 2 rings (SSSR count). The van der Waals surface area contributed by atoms with Crippen LogP contribution in [0.25, 0.3) is 0 Å². The molecule has 0 aliphatic carbocycles. The number of aliphatic hydroxyl groups is 1. The molecule has 5 nitrogen and oxygen atoms in total. The number of nitrogens with one attached hydrogen (secondary N) is 2. The van der Waals surface area contributed by atoms with Crippen LogP contribution in [0.5, 0.6) is 0 Å². The molecule has 1 aliphatic heterocycles. The van der Waals surface area contributed by atoms with Gasteiger partial charge in [0.1, 0.15) is 11.9 Å². The van der Waals surface area contributed by atoms with Crippen LogP contribution in [0.2, 0.25) is 0 Å². The Labute approximate surface area is 122 Å². The van der Waals surface area contributed by atoms with Crippen molar-refractivity contribution in [3.05, 3.63) is 35.6 Å². The summed E-state index contributed by atoms with van der Waals surface area (Å²) in [5.41, 5.74) is 0.172. The maximum atomic E-state index is 13.4. The normalized spacial score (nSPS) is 19.8. The first-order valence-corrected chi connectivity index (χ1v) is 6.21. The van der Waals surface area contributed by atoms with Crippen LogP contribution < -0.4 is 10.6 Å². The van der Waals surface area contributed by atoms with Crippen molar-refractivity contribution in [1.82, 2.24) is 10.6 Å². The molecule has 7 heteroatoms. The number of hydrogen-bond donors (Lipinski definition) is 3. The van der Waals surface area contributed by atoms with Crippen LogP contribution in [0, 0.1) is 5.82 Å². The monoisotopic (exact) mass is 304 g/mol. The fourth-order valence-electron chi connectivity index (χ4n) is 1.90. The number of ether oxygens (including phenoxy) is 1.